The number of rotatable bonds is 4. The van der Waals surface area contributed by atoms with Gasteiger partial charge in [-0.25, -0.2) is 9.18 Å². The van der Waals surface area contributed by atoms with E-state index in [9.17, 15) is 14.0 Å². The number of benzene rings is 2. The molecule has 4 nitrogen and oxygen atoms in total. The van der Waals surface area contributed by atoms with Crippen LogP contribution in [-0.4, -0.2) is 18.5 Å². The quantitative estimate of drug-likeness (QED) is 0.876. The first-order chi connectivity index (χ1) is 10.5. The second-order valence-corrected chi connectivity index (χ2v) is 5.03. The lowest BCUT2D eigenvalue weighted by Crippen LogP contribution is -2.21. The van der Waals surface area contributed by atoms with Gasteiger partial charge in [0.1, 0.15) is 5.82 Å². The Kier molecular flexibility index (Phi) is 5.12. The zero-order valence-electron chi connectivity index (χ0n) is 11.7. The van der Waals surface area contributed by atoms with Gasteiger partial charge >= 0.3 is 5.97 Å². The predicted octanol–water partition coefficient (Wildman–Crippen LogP) is 3.58. The molecule has 0 atom stereocenters. The Morgan fingerprint density at radius 1 is 1.23 bits per heavy atom. The first kappa shape index (κ1) is 16.0. The number of ether oxygens (including phenoxy) is 1. The van der Waals surface area contributed by atoms with Crippen LogP contribution in [0.1, 0.15) is 15.9 Å². The number of amides is 1. The summed E-state index contributed by atoms with van der Waals surface area (Å²) in [4.78, 5) is 23.4. The van der Waals surface area contributed by atoms with Crippen molar-refractivity contribution >= 4 is 29.2 Å². The third-order valence-corrected chi connectivity index (χ3v) is 3.09. The summed E-state index contributed by atoms with van der Waals surface area (Å²) in [6.07, 6.45) is 0. The van der Waals surface area contributed by atoms with Gasteiger partial charge in [-0.1, -0.05) is 17.7 Å². The lowest BCUT2D eigenvalue weighted by Gasteiger charge is -2.09. The molecule has 1 N–H and O–H groups in total. The van der Waals surface area contributed by atoms with Gasteiger partial charge in [-0.15, -0.1) is 0 Å². The summed E-state index contributed by atoms with van der Waals surface area (Å²) in [6.45, 7) is 1.33. The van der Waals surface area contributed by atoms with E-state index in [1.807, 2.05) is 0 Å². The summed E-state index contributed by atoms with van der Waals surface area (Å²) in [5.41, 5.74) is 1.42. The summed E-state index contributed by atoms with van der Waals surface area (Å²) in [6, 6.07) is 10.1. The zero-order chi connectivity index (χ0) is 16.1. The Balaban J connectivity index is 1.91. The molecule has 6 heteroatoms. The molecule has 0 aliphatic rings. The summed E-state index contributed by atoms with van der Waals surface area (Å²) < 4.78 is 17.8. The third-order valence-electron chi connectivity index (χ3n) is 2.86. The number of anilines is 1. The largest absolute Gasteiger partial charge is 0.452 e. The number of halogens is 2. The molecule has 0 heterocycles. The minimum Gasteiger partial charge on any atom is -0.452 e. The van der Waals surface area contributed by atoms with Crippen molar-refractivity contribution in [1.29, 1.82) is 0 Å². The second kappa shape index (κ2) is 7.04. The van der Waals surface area contributed by atoms with Crippen LogP contribution >= 0.6 is 11.6 Å². The Morgan fingerprint density at radius 2 is 2.00 bits per heavy atom. The van der Waals surface area contributed by atoms with Gasteiger partial charge in [-0.05, 0) is 48.9 Å². The predicted molar refractivity (Wildman–Crippen MR) is 81.5 cm³/mol. The summed E-state index contributed by atoms with van der Waals surface area (Å²) in [5, 5.41) is 3.17. The van der Waals surface area contributed by atoms with Crippen LogP contribution in [0.2, 0.25) is 5.02 Å². The van der Waals surface area contributed by atoms with Crippen LogP contribution < -0.4 is 5.32 Å². The highest BCUT2D eigenvalue weighted by atomic mass is 35.5. The summed E-state index contributed by atoms with van der Waals surface area (Å²) in [5.74, 6) is -1.80. The van der Waals surface area contributed by atoms with Gasteiger partial charge in [0.15, 0.2) is 6.61 Å². The standard InChI is InChI=1S/C16H13ClFNO3/c1-10-7-12(17)5-6-14(10)19-15(20)9-22-16(21)11-3-2-4-13(18)8-11/h2-8H,9H2,1H3,(H,19,20). The number of nitrogens with one attached hydrogen (secondary N) is 1. The van der Waals surface area contributed by atoms with Gasteiger partial charge in [0.2, 0.25) is 0 Å². The maximum atomic E-state index is 13.0. The van der Waals surface area contributed by atoms with E-state index in [1.165, 1.54) is 18.2 Å². The molecule has 0 saturated heterocycles. The fourth-order valence-corrected chi connectivity index (χ4v) is 2.01. The van der Waals surface area contributed by atoms with E-state index in [0.29, 0.717) is 10.7 Å². The smallest absolute Gasteiger partial charge is 0.338 e. The van der Waals surface area contributed by atoms with E-state index in [0.717, 1.165) is 11.6 Å². The van der Waals surface area contributed by atoms with E-state index in [4.69, 9.17) is 16.3 Å². The molecule has 0 saturated carbocycles. The van der Waals surface area contributed by atoms with Crippen molar-refractivity contribution in [3.63, 3.8) is 0 Å². The first-order valence-corrected chi connectivity index (χ1v) is 6.82. The summed E-state index contributed by atoms with van der Waals surface area (Å²) >= 11 is 5.82. The molecule has 0 aliphatic heterocycles. The molecule has 0 fully saturated rings. The van der Waals surface area contributed by atoms with E-state index in [2.05, 4.69) is 5.32 Å². The minimum absolute atomic E-state index is 0.0514. The van der Waals surface area contributed by atoms with Gasteiger partial charge in [0.05, 0.1) is 5.56 Å². The van der Waals surface area contributed by atoms with Crippen LogP contribution in [0.3, 0.4) is 0 Å². The average Bonchev–Trinajstić information content (AvgIpc) is 2.47. The molecule has 0 aromatic heterocycles. The first-order valence-electron chi connectivity index (χ1n) is 6.44. The maximum Gasteiger partial charge on any atom is 0.338 e. The van der Waals surface area contributed by atoms with Crippen molar-refractivity contribution in [1.82, 2.24) is 0 Å². The fourth-order valence-electron chi connectivity index (χ4n) is 1.78. The van der Waals surface area contributed by atoms with Gasteiger partial charge in [0.25, 0.3) is 5.91 Å². The molecule has 0 radical (unpaired) electrons. The van der Waals surface area contributed by atoms with Crippen molar-refractivity contribution in [3.8, 4) is 0 Å². The molecule has 0 aliphatic carbocycles. The molecular weight excluding hydrogens is 309 g/mol. The third kappa shape index (κ3) is 4.30. The molecule has 2 rings (SSSR count). The fraction of sp³-hybridized carbons (Fsp3) is 0.125. The van der Waals surface area contributed by atoms with Crippen LogP contribution in [0, 0.1) is 12.7 Å². The highest BCUT2D eigenvalue weighted by molar-refractivity contribution is 6.30. The molecule has 114 valence electrons. The van der Waals surface area contributed by atoms with Crippen LogP contribution in [0.4, 0.5) is 10.1 Å². The molecule has 22 heavy (non-hydrogen) atoms. The normalized spacial score (nSPS) is 10.1. The monoisotopic (exact) mass is 321 g/mol. The van der Waals surface area contributed by atoms with Crippen molar-refractivity contribution in [3.05, 3.63) is 64.4 Å². The summed E-state index contributed by atoms with van der Waals surface area (Å²) in [7, 11) is 0. The minimum atomic E-state index is -0.762. The highest BCUT2D eigenvalue weighted by Crippen LogP contribution is 2.19. The maximum absolute atomic E-state index is 13.0. The van der Waals surface area contributed by atoms with E-state index in [-0.39, 0.29) is 5.56 Å². The Morgan fingerprint density at radius 3 is 2.68 bits per heavy atom. The molecule has 2 aromatic carbocycles. The lowest BCUT2D eigenvalue weighted by atomic mass is 10.2. The van der Waals surface area contributed by atoms with E-state index in [1.54, 1.807) is 25.1 Å². The number of aryl methyl sites for hydroxylation is 1. The highest BCUT2D eigenvalue weighted by Gasteiger charge is 2.11. The molecule has 0 unspecified atom stereocenters. The molecule has 0 bridgehead atoms. The molecule has 2 aromatic rings. The van der Waals surface area contributed by atoms with Crippen molar-refractivity contribution in [2.24, 2.45) is 0 Å². The molecule has 1 amide bonds. The molecule has 0 spiro atoms. The van der Waals surface area contributed by atoms with Gasteiger partial charge < -0.3 is 10.1 Å². The zero-order valence-corrected chi connectivity index (χ0v) is 12.5. The van der Waals surface area contributed by atoms with Crippen LogP contribution in [0.15, 0.2) is 42.5 Å². The number of hydrogen-bond acceptors (Lipinski definition) is 3. The van der Waals surface area contributed by atoms with Crippen molar-refractivity contribution in [2.75, 3.05) is 11.9 Å². The van der Waals surface area contributed by atoms with E-state index >= 15 is 0 Å². The van der Waals surface area contributed by atoms with Crippen molar-refractivity contribution in [2.45, 2.75) is 6.92 Å². The Hall–Kier alpha value is -2.40. The number of esters is 1. The van der Waals surface area contributed by atoms with Gasteiger partial charge in [-0.2, -0.15) is 0 Å². The number of carbonyl (C=O) groups excluding carboxylic acids is 2. The Labute approximate surface area is 131 Å². The lowest BCUT2D eigenvalue weighted by molar-refractivity contribution is -0.119. The van der Waals surface area contributed by atoms with Gasteiger partial charge in [0, 0.05) is 10.7 Å². The van der Waals surface area contributed by atoms with Crippen LogP contribution in [-0.2, 0) is 9.53 Å². The second-order valence-electron chi connectivity index (χ2n) is 4.59. The topological polar surface area (TPSA) is 55.4 Å². The Bertz CT molecular complexity index is 718. The SMILES string of the molecule is Cc1cc(Cl)ccc1NC(=O)COC(=O)c1cccc(F)c1. The number of carbonyl (C=O) groups is 2. The number of hydrogen-bond donors (Lipinski definition) is 1. The average molecular weight is 322 g/mol. The van der Waals surface area contributed by atoms with Gasteiger partial charge in [-0.3, -0.25) is 4.79 Å². The molecular formula is C16H13ClFNO3. The van der Waals surface area contributed by atoms with Crippen LogP contribution in [0.5, 0.6) is 0 Å². The van der Waals surface area contributed by atoms with Crippen LogP contribution in [0.25, 0.3) is 0 Å². The van der Waals surface area contributed by atoms with E-state index < -0.39 is 24.3 Å². The van der Waals surface area contributed by atoms with Crippen molar-refractivity contribution < 1.29 is 18.7 Å².